The van der Waals surface area contributed by atoms with E-state index in [1.54, 1.807) is 12.1 Å². The molecule has 0 saturated heterocycles. The van der Waals surface area contributed by atoms with Crippen LogP contribution in [0.3, 0.4) is 0 Å². The fourth-order valence-corrected chi connectivity index (χ4v) is 2.68. The maximum absolute atomic E-state index is 11.4. The highest BCUT2D eigenvalue weighted by Gasteiger charge is 2.16. The number of hydrogen-bond donors (Lipinski definition) is 3. The van der Waals surface area contributed by atoms with Gasteiger partial charge in [0.25, 0.3) is 0 Å². The minimum absolute atomic E-state index is 0.00258. The molecule has 0 amide bonds. The van der Waals surface area contributed by atoms with Crippen molar-refractivity contribution < 1.29 is 9.90 Å². The lowest BCUT2D eigenvalue weighted by Gasteiger charge is -2.20. The molecule has 2 aromatic carbocycles. The van der Waals surface area contributed by atoms with Crippen LogP contribution in [0, 0.1) is 0 Å². The lowest BCUT2D eigenvalue weighted by atomic mass is 10.1. The smallest absolute Gasteiger partial charge is 0.337 e. The van der Waals surface area contributed by atoms with Gasteiger partial charge < -0.3 is 15.7 Å². The Labute approximate surface area is 139 Å². The topological polar surface area (TPSA) is 87.1 Å². The number of nitrogens with one attached hydrogen (secondary N) is 2. The van der Waals surface area contributed by atoms with Crippen LogP contribution < -0.4 is 10.6 Å². The molecule has 0 bridgehead atoms. The maximum atomic E-state index is 11.4. The Morgan fingerprint density at radius 3 is 2.62 bits per heavy atom. The minimum Gasteiger partial charge on any atom is -0.478 e. The predicted molar refractivity (Wildman–Crippen MR) is 93.2 cm³/mol. The summed E-state index contributed by atoms with van der Waals surface area (Å²) >= 11 is 0. The van der Waals surface area contributed by atoms with E-state index >= 15 is 0 Å². The Kier molecular flexibility index (Phi) is 4.67. The lowest BCUT2D eigenvalue weighted by Crippen LogP contribution is -2.24. The zero-order valence-corrected chi connectivity index (χ0v) is 13.2. The van der Waals surface area contributed by atoms with Crippen molar-refractivity contribution in [2.24, 2.45) is 0 Å². The molecule has 0 radical (unpaired) electrons. The molecular weight excluding hydrogens is 304 g/mol. The molecule has 1 unspecified atom stereocenters. The number of carboxylic acids is 1. The Morgan fingerprint density at radius 1 is 1.12 bits per heavy atom. The van der Waals surface area contributed by atoms with Crippen LogP contribution in [0.5, 0.6) is 0 Å². The van der Waals surface area contributed by atoms with Crippen molar-refractivity contribution in [3.8, 4) is 0 Å². The molecule has 122 valence electrons. The normalized spacial score (nSPS) is 12.0. The van der Waals surface area contributed by atoms with Gasteiger partial charge in [0, 0.05) is 11.9 Å². The summed E-state index contributed by atoms with van der Waals surface area (Å²) in [6, 6.07) is 15.1. The van der Waals surface area contributed by atoms with Crippen LogP contribution in [0.15, 0.2) is 54.9 Å². The second-order valence-electron chi connectivity index (χ2n) is 5.39. The quantitative estimate of drug-likeness (QED) is 0.647. The summed E-state index contributed by atoms with van der Waals surface area (Å²) in [5.74, 6) is -0.382. The maximum Gasteiger partial charge on any atom is 0.337 e. The molecule has 1 aromatic heterocycles. The third kappa shape index (κ3) is 3.18. The summed E-state index contributed by atoms with van der Waals surface area (Å²) in [6.45, 7) is 0.703. The third-order valence-corrected chi connectivity index (χ3v) is 3.82. The highest BCUT2D eigenvalue weighted by Crippen LogP contribution is 2.25. The largest absolute Gasteiger partial charge is 0.478 e. The fraction of sp³-hybridized carbons (Fsp3) is 0.167. The van der Waals surface area contributed by atoms with Crippen LogP contribution >= 0.6 is 0 Å². The van der Waals surface area contributed by atoms with E-state index in [4.69, 9.17) is 0 Å². The number of rotatable bonds is 6. The van der Waals surface area contributed by atoms with Gasteiger partial charge in [-0.05, 0) is 24.7 Å². The van der Waals surface area contributed by atoms with Gasteiger partial charge in [-0.1, -0.05) is 36.4 Å². The molecule has 0 aliphatic carbocycles. The first-order valence-corrected chi connectivity index (χ1v) is 7.64. The molecule has 3 N–H and O–H groups in total. The molecule has 6 heteroatoms. The summed E-state index contributed by atoms with van der Waals surface area (Å²) in [5, 5.41) is 16.6. The first-order chi connectivity index (χ1) is 11.7. The number of aromatic nitrogens is 2. The summed E-state index contributed by atoms with van der Waals surface area (Å²) in [6.07, 6.45) is 1.39. The molecule has 1 atom stereocenters. The van der Waals surface area contributed by atoms with Gasteiger partial charge >= 0.3 is 5.97 Å². The number of para-hydroxylation sites is 1. The van der Waals surface area contributed by atoms with Gasteiger partial charge in [-0.2, -0.15) is 0 Å². The average Bonchev–Trinajstić information content (AvgIpc) is 2.61. The number of carboxylic acid groups (broad SMARTS) is 1. The minimum atomic E-state index is -1.000. The number of aromatic carboxylic acids is 1. The molecular formula is C18H18N4O2. The molecule has 0 fully saturated rings. The van der Waals surface area contributed by atoms with E-state index in [1.165, 1.54) is 6.33 Å². The van der Waals surface area contributed by atoms with E-state index < -0.39 is 5.97 Å². The molecule has 0 aliphatic rings. The first kappa shape index (κ1) is 15.9. The molecule has 24 heavy (non-hydrogen) atoms. The molecule has 3 aromatic rings. The van der Waals surface area contributed by atoms with Crippen LogP contribution in [0.25, 0.3) is 10.9 Å². The van der Waals surface area contributed by atoms with Gasteiger partial charge in [0.05, 0.1) is 17.1 Å². The van der Waals surface area contributed by atoms with E-state index in [0.717, 1.165) is 5.56 Å². The number of benzene rings is 2. The third-order valence-electron chi connectivity index (χ3n) is 3.82. The number of fused-ring (bicyclic) bond motifs is 1. The monoisotopic (exact) mass is 322 g/mol. The van der Waals surface area contributed by atoms with Crippen molar-refractivity contribution in [3.05, 3.63) is 66.0 Å². The van der Waals surface area contributed by atoms with Crippen molar-refractivity contribution in [1.29, 1.82) is 0 Å². The van der Waals surface area contributed by atoms with E-state index in [9.17, 15) is 9.90 Å². The number of likely N-dealkylation sites (N-methyl/N-ethyl adjacent to an activating group) is 1. The summed E-state index contributed by atoms with van der Waals surface area (Å²) in [4.78, 5) is 19.8. The van der Waals surface area contributed by atoms with Gasteiger partial charge in [0.2, 0.25) is 0 Å². The van der Waals surface area contributed by atoms with Crippen molar-refractivity contribution in [3.63, 3.8) is 0 Å². The molecule has 0 saturated carbocycles. The Hall–Kier alpha value is -2.99. The van der Waals surface area contributed by atoms with E-state index in [0.29, 0.717) is 23.3 Å². The lowest BCUT2D eigenvalue weighted by molar-refractivity contribution is 0.0699. The summed E-state index contributed by atoms with van der Waals surface area (Å²) in [7, 11) is 1.89. The average molecular weight is 322 g/mol. The van der Waals surface area contributed by atoms with Gasteiger partial charge in [0.15, 0.2) is 0 Å². The molecule has 0 spiro atoms. The Balaban J connectivity index is 2.02. The Morgan fingerprint density at radius 2 is 1.92 bits per heavy atom. The number of nitrogens with zero attached hydrogens (tertiary/aromatic N) is 2. The second-order valence-corrected chi connectivity index (χ2v) is 5.39. The predicted octanol–water partition coefficient (Wildman–Crippen LogP) is 2.70. The van der Waals surface area contributed by atoms with E-state index in [2.05, 4.69) is 20.6 Å². The van der Waals surface area contributed by atoms with Crippen LogP contribution in [0.1, 0.15) is 22.0 Å². The van der Waals surface area contributed by atoms with Crippen molar-refractivity contribution in [2.75, 3.05) is 18.9 Å². The molecule has 3 rings (SSSR count). The van der Waals surface area contributed by atoms with Crippen molar-refractivity contribution in [2.45, 2.75) is 6.04 Å². The zero-order chi connectivity index (χ0) is 16.9. The standard InChI is InChI=1S/C18H18N4O2/c1-19-10-15(12-6-3-2-4-7-12)22-17-13-8-5-9-14(18(23)24)16(13)20-11-21-17/h2-9,11,15,19H,10H2,1H3,(H,23,24)(H,20,21,22). The van der Waals surface area contributed by atoms with Crippen LogP contribution in [0.4, 0.5) is 5.82 Å². The SMILES string of the molecule is CNCC(Nc1ncnc2c(C(=O)O)cccc12)c1ccccc1. The van der Waals surface area contributed by atoms with Crippen molar-refractivity contribution >= 4 is 22.7 Å². The van der Waals surface area contributed by atoms with E-state index in [-0.39, 0.29) is 11.6 Å². The fourth-order valence-electron chi connectivity index (χ4n) is 2.68. The zero-order valence-electron chi connectivity index (χ0n) is 13.2. The van der Waals surface area contributed by atoms with E-state index in [1.807, 2.05) is 43.4 Å². The Bertz CT molecular complexity index is 852. The summed E-state index contributed by atoms with van der Waals surface area (Å²) < 4.78 is 0. The van der Waals surface area contributed by atoms with Gasteiger partial charge in [-0.25, -0.2) is 14.8 Å². The number of anilines is 1. The summed E-state index contributed by atoms with van der Waals surface area (Å²) in [5.41, 5.74) is 1.72. The highest BCUT2D eigenvalue weighted by molar-refractivity contribution is 6.04. The molecule has 6 nitrogen and oxygen atoms in total. The van der Waals surface area contributed by atoms with Crippen LogP contribution in [0.2, 0.25) is 0 Å². The molecule has 1 heterocycles. The van der Waals surface area contributed by atoms with Gasteiger partial charge in [0.1, 0.15) is 12.1 Å². The van der Waals surface area contributed by atoms with Crippen LogP contribution in [-0.2, 0) is 0 Å². The van der Waals surface area contributed by atoms with Gasteiger partial charge in [-0.3, -0.25) is 0 Å². The number of carbonyl (C=O) groups is 1. The molecule has 0 aliphatic heterocycles. The van der Waals surface area contributed by atoms with Crippen molar-refractivity contribution in [1.82, 2.24) is 15.3 Å². The van der Waals surface area contributed by atoms with Gasteiger partial charge in [-0.15, -0.1) is 0 Å². The number of hydrogen-bond acceptors (Lipinski definition) is 5. The first-order valence-electron chi connectivity index (χ1n) is 7.64. The highest BCUT2D eigenvalue weighted by atomic mass is 16.4. The van der Waals surface area contributed by atoms with Crippen LogP contribution in [-0.4, -0.2) is 34.6 Å². The second kappa shape index (κ2) is 7.06.